The van der Waals surface area contributed by atoms with Gasteiger partial charge in [-0.05, 0) is 0 Å². The molecule has 2 N–H and O–H groups in total. The van der Waals surface area contributed by atoms with Crippen molar-refractivity contribution in [3.8, 4) is 17.2 Å². The van der Waals surface area contributed by atoms with Crippen molar-refractivity contribution in [2.45, 2.75) is 0 Å². The number of benzene rings is 1. The Labute approximate surface area is 70.5 Å². The van der Waals surface area contributed by atoms with Crippen LogP contribution < -0.4 is 4.74 Å². The molecule has 1 aromatic rings. The van der Waals surface area contributed by atoms with Crippen molar-refractivity contribution in [2.24, 2.45) is 0 Å². The number of hydrogen-bond donors (Lipinski definition) is 2. The Balaban J connectivity index is 2.78. The molecule has 0 aliphatic rings. The zero-order valence-corrected chi connectivity index (χ0v) is 6.53. The molecule has 0 radical (unpaired) electrons. The molecule has 3 heteroatoms. The summed E-state index contributed by atoms with van der Waals surface area (Å²) in [6.45, 7) is 3.82. The predicted molar refractivity (Wildman–Crippen MR) is 45.5 cm³/mol. The number of hydrogen-bond acceptors (Lipinski definition) is 3. The van der Waals surface area contributed by atoms with E-state index in [1.807, 2.05) is 0 Å². The maximum absolute atomic E-state index is 9.03. The van der Waals surface area contributed by atoms with Gasteiger partial charge in [-0.3, -0.25) is 0 Å². The van der Waals surface area contributed by atoms with Gasteiger partial charge in [0.25, 0.3) is 0 Å². The summed E-state index contributed by atoms with van der Waals surface area (Å²) >= 11 is 0. The summed E-state index contributed by atoms with van der Waals surface area (Å²) in [5.41, 5.74) is 0. The van der Waals surface area contributed by atoms with Crippen LogP contribution in [0.15, 0.2) is 30.9 Å². The first-order chi connectivity index (χ1) is 5.72. The maximum atomic E-state index is 9.03. The first-order valence-electron chi connectivity index (χ1n) is 3.49. The average Bonchev–Trinajstić information content (AvgIpc) is 1.99. The molecular formula is C9H10O3. The topological polar surface area (TPSA) is 49.7 Å². The van der Waals surface area contributed by atoms with Gasteiger partial charge in [0, 0.05) is 18.2 Å². The highest BCUT2D eigenvalue weighted by atomic mass is 16.5. The first-order valence-corrected chi connectivity index (χ1v) is 3.49. The molecule has 0 aromatic heterocycles. The molecule has 1 aromatic carbocycles. The van der Waals surface area contributed by atoms with E-state index in [0.717, 1.165) is 0 Å². The summed E-state index contributed by atoms with van der Waals surface area (Å²) in [4.78, 5) is 0. The smallest absolute Gasteiger partial charge is 0.127 e. The van der Waals surface area contributed by atoms with Crippen molar-refractivity contribution in [3.05, 3.63) is 30.9 Å². The fraction of sp³-hybridized carbons (Fsp3) is 0.111. The van der Waals surface area contributed by atoms with Crippen LogP contribution in [-0.4, -0.2) is 16.8 Å². The Hall–Kier alpha value is -1.64. The largest absolute Gasteiger partial charge is 0.508 e. The zero-order chi connectivity index (χ0) is 8.97. The van der Waals surface area contributed by atoms with Gasteiger partial charge in [-0.2, -0.15) is 0 Å². The number of phenolic OH excluding ortho intramolecular Hbond substituents is 2. The third-order valence-corrected chi connectivity index (χ3v) is 1.24. The molecule has 0 bridgehead atoms. The van der Waals surface area contributed by atoms with Crippen molar-refractivity contribution < 1.29 is 14.9 Å². The van der Waals surface area contributed by atoms with Crippen LogP contribution in [0.1, 0.15) is 0 Å². The molecule has 0 aliphatic heterocycles. The summed E-state index contributed by atoms with van der Waals surface area (Å²) in [6, 6.07) is 4.08. The van der Waals surface area contributed by atoms with E-state index in [1.165, 1.54) is 18.2 Å². The monoisotopic (exact) mass is 166 g/mol. The van der Waals surface area contributed by atoms with E-state index in [2.05, 4.69) is 6.58 Å². The summed E-state index contributed by atoms with van der Waals surface area (Å²) in [5.74, 6) is 0.385. The van der Waals surface area contributed by atoms with E-state index in [1.54, 1.807) is 6.08 Å². The lowest BCUT2D eigenvalue weighted by atomic mass is 10.3. The van der Waals surface area contributed by atoms with Crippen molar-refractivity contribution in [1.29, 1.82) is 0 Å². The van der Waals surface area contributed by atoms with E-state index >= 15 is 0 Å². The van der Waals surface area contributed by atoms with Crippen LogP contribution in [0.2, 0.25) is 0 Å². The molecule has 0 saturated carbocycles. The van der Waals surface area contributed by atoms with Crippen LogP contribution >= 0.6 is 0 Å². The molecule has 64 valence electrons. The first kappa shape index (κ1) is 8.46. The molecule has 3 nitrogen and oxygen atoms in total. The van der Waals surface area contributed by atoms with Crippen LogP contribution in [0.5, 0.6) is 17.2 Å². The normalized spacial score (nSPS) is 9.33. The summed E-state index contributed by atoms with van der Waals surface area (Å²) in [6.07, 6.45) is 1.58. The average molecular weight is 166 g/mol. The number of aromatic hydroxyl groups is 2. The summed E-state index contributed by atoms with van der Waals surface area (Å²) in [7, 11) is 0. The van der Waals surface area contributed by atoms with Gasteiger partial charge in [0.15, 0.2) is 0 Å². The van der Waals surface area contributed by atoms with Gasteiger partial charge in [-0.15, -0.1) is 0 Å². The van der Waals surface area contributed by atoms with Gasteiger partial charge < -0.3 is 14.9 Å². The molecule has 0 aliphatic carbocycles. The summed E-state index contributed by atoms with van der Waals surface area (Å²) < 4.78 is 5.08. The molecular weight excluding hydrogens is 156 g/mol. The second-order valence-electron chi connectivity index (χ2n) is 2.28. The molecule has 0 spiro atoms. The van der Waals surface area contributed by atoms with Crippen LogP contribution in [0, 0.1) is 0 Å². The molecule has 12 heavy (non-hydrogen) atoms. The van der Waals surface area contributed by atoms with Crippen molar-refractivity contribution in [1.82, 2.24) is 0 Å². The Morgan fingerprint density at radius 2 is 1.83 bits per heavy atom. The van der Waals surface area contributed by atoms with Crippen LogP contribution in [-0.2, 0) is 0 Å². The lowest BCUT2D eigenvalue weighted by Crippen LogP contribution is -1.91. The fourth-order valence-electron chi connectivity index (χ4n) is 0.807. The molecule has 0 saturated heterocycles. The Kier molecular flexibility index (Phi) is 2.58. The van der Waals surface area contributed by atoms with Crippen molar-refractivity contribution in [3.63, 3.8) is 0 Å². The van der Waals surface area contributed by atoms with E-state index < -0.39 is 0 Å². The van der Waals surface area contributed by atoms with E-state index in [-0.39, 0.29) is 11.5 Å². The van der Waals surface area contributed by atoms with Gasteiger partial charge in [0.1, 0.15) is 23.9 Å². The molecule has 1 rings (SSSR count). The van der Waals surface area contributed by atoms with Gasteiger partial charge in [-0.1, -0.05) is 12.7 Å². The second kappa shape index (κ2) is 3.67. The second-order valence-corrected chi connectivity index (χ2v) is 2.28. The minimum absolute atomic E-state index is 0.0194. The highest BCUT2D eigenvalue weighted by molar-refractivity contribution is 5.40. The highest BCUT2D eigenvalue weighted by Crippen LogP contribution is 2.25. The molecule has 0 amide bonds. The van der Waals surface area contributed by atoms with Crippen LogP contribution in [0.25, 0.3) is 0 Å². The number of rotatable bonds is 3. The van der Waals surface area contributed by atoms with E-state index in [0.29, 0.717) is 12.4 Å². The van der Waals surface area contributed by atoms with Crippen molar-refractivity contribution >= 4 is 0 Å². The Bertz CT molecular complexity index is 261. The maximum Gasteiger partial charge on any atom is 0.127 e. The predicted octanol–water partition coefficient (Wildman–Crippen LogP) is 1.66. The van der Waals surface area contributed by atoms with E-state index in [9.17, 15) is 0 Å². The SMILES string of the molecule is C=CCOc1cc(O)cc(O)c1. The third-order valence-electron chi connectivity index (χ3n) is 1.24. The molecule has 0 fully saturated rings. The van der Waals surface area contributed by atoms with Gasteiger partial charge in [-0.25, -0.2) is 0 Å². The molecule has 0 heterocycles. The molecule has 0 unspecified atom stereocenters. The fourth-order valence-corrected chi connectivity index (χ4v) is 0.807. The summed E-state index contributed by atoms with van der Waals surface area (Å²) in [5, 5.41) is 18.1. The zero-order valence-electron chi connectivity index (χ0n) is 6.53. The molecule has 0 atom stereocenters. The van der Waals surface area contributed by atoms with Crippen LogP contribution in [0.4, 0.5) is 0 Å². The van der Waals surface area contributed by atoms with E-state index in [4.69, 9.17) is 14.9 Å². The lowest BCUT2D eigenvalue weighted by Gasteiger charge is -2.03. The standard InChI is InChI=1S/C9H10O3/c1-2-3-12-9-5-7(10)4-8(11)6-9/h2,4-6,10-11H,1,3H2. The minimum Gasteiger partial charge on any atom is -0.508 e. The number of ether oxygens (including phenoxy) is 1. The van der Waals surface area contributed by atoms with Crippen molar-refractivity contribution in [2.75, 3.05) is 6.61 Å². The van der Waals surface area contributed by atoms with Gasteiger partial charge in [0.05, 0.1) is 0 Å². The lowest BCUT2D eigenvalue weighted by molar-refractivity contribution is 0.355. The number of phenols is 2. The van der Waals surface area contributed by atoms with Crippen LogP contribution in [0.3, 0.4) is 0 Å². The minimum atomic E-state index is -0.0194. The Morgan fingerprint density at radius 1 is 1.25 bits per heavy atom. The van der Waals surface area contributed by atoms with Gasteiger partial charge >= 0.3 is 0 Å². The van der Waals surface area contributed by atoms with Gasteiger partial charge in [0.2, 0.25) is 0 Å². The highest BCUT2D eigenvalue weighted by Gasteiger charge is 1.98. The Morgan fingerprint density at radius 3 is 2.33 bits per heavy atom. The quantitative estimate of drug-likeness (QED) is 0.671. The third kappa shape index (κ3) is 2.20.